The maximum Gasteiger partial charge on any atom is 0.335 e. The van der Waals surface area contributed by atoms with Gasteiger partial charge in [-0.25, -0.2) is 4.79 Å². The zero-order valence-electron chi connectivity index (χ0n) is 16.2. The molecule has 0 amide bonds. The molecule has 0 aliphatic carbocycles. The van der Waals surface area contributed by atoms with Crippen LogP contribution in [0.3, 0.4) is 0 Å². The second-order valence-electron chi connectivity index (χ2n) is 7.78. The molecule has 0 saturated carbocycles. The van der Waals surface area contributed by atoms with Crippen LogP contribution in [0.15, 0.2) is 54.7 Å². The minimum Gasteiger partial charge on any atom is -0.478 e. The SMILES string of the molecule is O=C(O)c1ccc(-n2cc(CN3CCC4(CC3)OCCO4)c3ccccc32)cc1. The third-order valence-corrected chi connectivity index (χ3v) is 6.01. The predicted molar refractivity (Wildman–Crippen MR) is 109 cm³/mol. The number of hydrogen-bond donors (Lipinski definition) is 1. The highest BCUT2D eigenvalue weighted by atomic mass is 16.7. The summed E-state index contributed by atoms with van der Waals surface area (Å²) >= 11 is 0. The molecule has 3 heterocycles. The Morgan fingerprint density at radius 3 is 2.38 bits per heavy atom. The monoisotopic (exact) mass is 392 g/mol. The van der Waals surface area contributed by atoms with Gasteiger partial charge in [0.1, 0.15) is 0 Å². The fourth-order valence-corrected chi connectivity index (χ4v) is 4.43. The van der Waals surface area contributed by atoms with Crippen LogP contribution in [0, 0.1) is 0 Å². The predicted octanol–water partition coefficient (Wildman–Crippen LogP) is 3.67. The van der Waals surface area contributed by atoms with Crippen LogP contribution in [-0.4, -0.2) is 52.6 Å². The number of carbonyl (C=O) groups is 1. The highest BCUT2D eigenvalue weighted by molar-refractivity contribution is 5.88. The van der Waals surface area contributed by atoms with Gasteiger partial charge in [-0.2, -0.15) is 0 Å². The number of carboxylic acids is 1. The van der Waals surface area contributed by atoms with Crippen molar-refractivity contribution in [3.8, 4) is 5.69 Å². The van der Waals surface area contributed by atoms with Crippen molar-refractivity contribution in [2.45, 2.75) is 25.2 Å². The van der Waals surface area contributed by atoms with Gasteiger partial charge in [0.15, 0.2) is 5.79 Å². The van der Waals surface area contributed by atoms with Gasteiger partial charge in [-0.3, -0.25) is 4.90 Å². The first-order valence-corrected chi connectivity index (χ1v) is 10.1. The first-order valence-electron chi connectivity index (χ1n) is 10.1. The maximum absolute atomic E-state index is 11.1. The average molecular weight is 392 g/mol. The van der Waals surface area contributed by atoms with Crippen LogP contribution < -0.4 is 0 Å². The molecule has 0 bridgehead atoms. The standard InChI is InChI=1S/C23H24N2O4/c26-22(27)17-5-7-19(8-6-17)25-16-18(20-3-1-2-4-21(20)25)15-24-11-9-23(10-12-24)28-13-14-29-23/h1-8,16H,9-15H2,(H,26,27). The van der Waals surface area contributed by atoms with Gasteiger partial charge in [0.2, 0.25) is 0 Å². The second kappa shape index (κ2) is 7.30. The minimum absolute atomic E-state index is 0.295. The molecule has 0 atom stereocenters. The van der Waals surface area contributed by atoms with Crippen molar-refractivity contribution >= 4 is 16.9 Å². The summed E-state index contributed by atoms with van der Waals surface area (Å²) in [4.78, 5) is 13.6. The number of fused-ring (bicyclic) bond motifs is 1. The van der Waals surface area contributed by atoms with Gasteiger partial charge in [-0.15, -0.1) is 0 Å². The molecule has 1 aromatic heterocycles. The van der Waals surface area contributed by atoms with E-state index in [1.807, 2.05) is 18.2 Å². The lowest BCUT2D eigenvalue weighted by Crippen LogP contribution is -2.44. The Labute approximate surface area is 169 Å². The summed E-state index contributed by atoms with van der Waals surface area (Å²) in [5.41, 5.74) is 3.65. The molecule has 150 valence electrons. The summed E-state index contributed by atoms with van der Waals surface area (Å²) < 4.78 is 13.8. The van der Waals surface area contributed by atoms with Crippen LogP contribution >= 0.6 is 0 Å². The summed E-state index contributed by atoms with van der Waals surface area (Å²) in [6.45, 7) is 4.18. The van der Waals surface area contributed by atoms with Crippen molar-refractivity contribution in [3.63, 3.8) is 0 Å². The third kappa shape index (κ3) is 3.44. The molecule has 2 fully saturated rings. The van der Waals surface area contributed by atoms with E-state index in [9.17, 15) is 4.79 Å². The van der Waals surface area contributed by atoms with Crippen LogP contribution in [0.2, 0.25) is 0 Å². The van der Waals surface area contributed by atoms with Crippen LogP contribution in [0.4, 0.5) is 0 Å². The molecule has 2 aromatic carbocycles. The fraction of sp³-hybridized carbons (Fsp3) is 0.348. The molecule has 6 nitrogen and oxygen atoms in total. The maximum atomic E-state index is 11.1. The number of hydrogen-bond acceptors (Lipinski definition) is 4. The largest absolute Gasteiger partial charge is 0.478 e. The van der Waals surface area contributed by atoms with Gasteiger partial charge < -0.3 is 19.1 Å². The molecule has 3 aromatic rings. The summed E-state index contributed by atoms with van der Waals surface area (Å²) in [5, 5.41) is 10.4. The summed E-state index contributed by atoms with van der Waals surface area (Å²) in [5.74, 6) is -1.26. The molecule has 1 spiro atoms. The number of nitrogens with zero attached hydrogens (tertiary/aromatic N) is 2. The van der Waals surface area contributed by atoms with Gasteiger partial charge in [0.05, 0.1) is 24.3 Å². The van der Waals surface area contributed by atoms with Gasteiger partial charge >= 0.3 is 5.97 Å². The van der Waals surface area contributed by atoms with E-state index in [2.05, 4.69) is 33.9 Å². The second-order valence-corrected chi connectivity index (χ2v) is 7.78. The summed E-state index contributed by atoms with van der Waals surface area (Å²) in [7, 11) is 0. The lowest BCUT2D eigenvalue weighted by Gasteiger charge is -2.37. The number of ether oxygens (including phenoxy) is 2. The molecule has 1 N–H and O–H groups in total. The van der Waals surface area contributed by atoms with Crippen molar-refractivity contribution < 1.29 is 19.4 Å². The molecule has 5 rings (SSSR count). The topological polar surface area (TPSA) is 63.9 Å². The van der Waals surface area contributed by atoms with Gasteiger partial charge in [-0.1, -0.05) is 18.2 Å². The molecule has 6 heteroatoms. The Hall–Kier alpha value is -2.67. The van der Waals surface area contributed by atoms with Gasteiger partial charge in [-0.05, 0) is 35.9 Å². The van der Waals surface area contributed by atoms with Gasteiger partial charge in [0.25, 0.3) is 0 Å². The van der Waals surface area contributed by atoms with Crippen LogP contribution in [0.5, 0.6) is 0 Å². The Bertz CT molecular complexity index is 1020. The number of aromatic nitrogens is 1. The lowest BCUT2D eigenvalue weighted by atomic mass is 10.0. The van der Waals surface area contributed by atoms with E-state index in [1.54, 1.807) is 12.1 Å². The Morgan fingerprint density at radius 2 is 1.69 bits per heavy atom. The van der Waals surface area contributed by atoms with E-state index in [0.717, 1.165) is 43.7 Å². The summed E-state index contributed by atoms with van der Waals surface area (Å²) in [6.07, 6.45) is 3.98. The molecule has 2 aliphatic heterocycles. The highest BCUT2D eigenvalue weighted by Gasteiger charge is 2.39. The van der Waals surface area contributed by atoms with E-state index in [1.165, 1.54) is 10.9 Å². The highest BCUT2D eigenvalue weighted by Crippen LogP contribution is 2.33. The lowest BCUT2D eigenvalue weighted by molar-refractivity contribution is -0.185. The zero-order chi connectivity index (χ0) is 19.8. The Morgan fingerprint density at radius 1 is 1.00 bits per heavy atom. The van der Waals surface area contributed by atoms with E-state index in [0.29, 0.717) is 18.8 Å². The van der Waals surface area contributed by atoms with Crippen LogP contribution in [-0.2, 0) is 16.0 Å². The van der Waals surface area contributed by atoms with Crippen molar-refractivity contribution in [2.24, 2.45) is 0 Å². The average Bonchev–Trinajstić information content (AvgIpc) is 3.35. The smallest absolute Gasteiger partial charge is 0.335 e. The molecule has 2 aliphatic rings. The molecule has 29 heavy (non-hydrogen) atoms. The van der Waals surface area contributed by atoms with Crippen molar-refractivity contribution in [1.29, 1.82) is 0 Å². The number of likely N-dealkylation sites (tertiary alicyclic amines) is 1. The summed E-state index contributed by atoms with van der Waals surface area (Å²) in [6, 6.07) is 15.4. The minimum atomic E-state index is -0.910. The van der Waals surface area contributed by atoms with Crippen molar-refractivity contribution in [2.75, 3.05) is 26.3 Å². The number of rotatable bonds is 4. The van der Waals surface area contributed by atoms with Crippen molar-refractivity contribution in [3.05, 3.63) is 65.9 Å². The molecule has 0 radical (unpaired) electrons. The normalized spacial score (nSPS) is 19.2. The first-order chi connectivity index (χ1) is 14.1. The van der Waals surface area contributed by atoms with E-state index in [4.69, 9.17) is 14.6 Å². The van der Waals surface area contributed by atoms with E-state index >= 15 is 0 Å². The number of aromatic carboxylic acids is 1. The quantitative estimate of drug-likeness (QED) is 0.734. The number of benzene rings is 2. The molecular weight excluding hydrogens is 368 g/mol. The fourth-order valence-electron chi connectivity index (χ4n) is 4.43. The number of para-hydroxylation sites is 1. The first kappa shape index (κ1) is 18.4. The van der Waals surface area contributed by atoms with Gasteiger partial charge in [0, 0.05) is 49.7 Å². The van der Waals surface area contributed by atoms with Crippen molar-refractivity contribution in [1.82, 2.24) is 9.47 Å². The van der Waals surface area contributed by atoms with E-state index in [-0.39, 0.29) is 5.79 Å². The molecule has 0 unspecified atom stereocenters. The molecule has 2 saturated heterocycles. The number of carboxylic acid groups (broad SMARTS) is 1. The van der Waals surface area contributed by atoms with Crippen LogP contribution in [0.25, 0.3) is 16.6 Å². The zero-order valence-corrected chi connectivity index (χ0v) is 16.2. The Balaban J connectivity index is 1.41. The Kier molecular flexibility index (Phi) is 4.62. The number of piperidine rings is 1. The molecular formula is C23H24N2O4. The third-order valence-electron chi connectivity index (χ3n) is 6.01. The van der Waals surface area contributed by atoms with E-state index < -0.39 is 5.97 Å². The van der Waals surface area contributed by atoms with Crippen LogP contribution in [0.1, 0.15) is 28.8 Å².